The second kappa shape index (κ2) is 8.11. The Bertz CT molecular complexity index is 729. The number of nitrogens with zero attached hydrogens (tertiary/aromatic N) is 1. The minimum atomic E-state index is -0.252. The molecule has 0 fully saturated rings. The van der Waals surface area contributed by atoms with Gasteiger partial charge >= 0.3 is 5.97 Å². The topological polar surface area (TPSA) is 68.3 Å². The van der Waals surface area contributed by atoms with Gasteiger partial charge in [0, 0.05) is 18.3 Å². The molecule has 2 aromatic rings. The molecule has 1 N–H and O–H groups in total. The first-order valence-electron chi connectivity index (χ1n) is 6.97. The number of carbonyl (C=O) groups excluding carboxylic acids is 2. The van der Waals surface area contributed by atoms with Crippen molar-refractivity contribution in [3.63, 3.8) is 0 Å². The Hall–Kier alpha value is -2.65. The second-order valence-corrected chi connectivity index (χ2v) is 5.62. The Balaban J connectivity index is 1.85. The van der Waals surface area contributed by atoms with Crippen LogP contribution in [0.25, 0.3) is 0 Å². The number of amides is 1. The van der Waals surface area contributed by atoms with Crippen LogP contribution in [-0.2, 0) is 22.5 Å². The largest absolute Gasteiger partial charge is 0.469 e. The van der Waals surface area contributed by atoms with E-state index >= 15 is 0 Å². The first kappa shape index (κ1) is 16.7. The summed E-state index contributed by atoms with van der Waals surface area (Å²) >= 11 is 1.27. The van der Waals surface area contributed by atoms with E-state index in [0.29, 0.717) is 30.1 Å². The summed E-state index contributed by atoms with van der Waals surface area (Å²) in [6.07, 6.45) is 6.22. The van der Waals surface area contributed by atoms with Crippen molar-refractivity contribution in [1.29, 1.82) is 0 Å². The molecular formula is C17H16N2O3S. The van der Waals surface area contributed by atoms with E-state index in [2.05, 4.69) is 21.0 Å². The molecule has 23 heavy (non-hydrogen) atoms. The van der Waals surface area contributed by atoms with Crippen molar-refractivity contribution in [2.75, 3.05) is 7.11 Å². The predicted molar refractivity (Wildman–Crippen MR) is 88.0 cm³/mol. The van der Waals surface area contributed by atoms with Gasteiger partial charge in [0.05, 0.1) is 7.11 Å². The highest BCUT2D eigenvalue weighted by atomic mass is 32.1. The van der Waals surface area contributed by atoms with Gasteiger partial charge in [-0.05, 0) is 23.5 Å². The Kier molecular flexibility index (Phi) is 5.89. The van der Waals surface area contributed by atoms with E-state index in [4.69, 9.17) is 6.42 Å². The van der Waals surface area contributed by atoms with Crippen LogP contribution in [0.1, 0.15) is 33.0 Å². The Morgan fingerprint density at radius 3 is 2.61 bits per heavy atom. The minimum Gasteiger partial charge on any atom is -0.469 e. The lowest BCUT2D eigenvalue weighted by atomic mass is 10.1. The van der Waals surface area contributed by atoms with Crippen LogP contribution in [0.3, 0.4) is 0 Å². The van der Waals surface area contributed by atoms with Gasteiger partial charge in [-0.2, -0.15) is 0 Å². The molecule has 0 saturated carbocycles. The van der Waals surface area contributed by atoms with Crippen LogP contribution in [0.5, 0.6) is 0 Å². The highest BCUT2D eigenvalue weighted by Crippen LogP contribution is 2.10. The number of terminal acetylenes is 1. The van der Waals surface area contributed by atoms with Crippen molar-refractivity contribution in [3.05, 3.63) is 51.5 Å². The van der Waals surface area contributed by atoms with Crippen LogP contribution in [0.2, 0.25) is 0 Å². The molecule has 0 aliphatic heterocycles. The van der Waals surface area contributed by atoms with Gasteiger partial charge in [-0.1, -0.05) is 24.3 Å². The quantitative estimate of drug-likeness (QED) is 0.652. The van der Waals surface area contributed by atoms with Gasteiger partial charge in [0.25, 0.3) is 5.91 Å². The number of ether oxygens (including phenoxy) is 1. The second-order valence-electron chi connectivity index (χ2n) is 4.76. The fourth-order valence-corrected chi connectivity index (χ4v) is 2.49. The molecule has 0 aliphatic rings. The number of carbonyl (C=O) groups is 2. The molecule has 0 atom stereocenters. The number of hydrogen-bond donors (Lipinski definition) is 1. The zero-order chi connectivity index (χ0) is 16.7. The normalized spacial score (nSPS) is 9.91. The first-order valence-corrected chi connectivity index (χ1v) is 7.85. The molecule has 118 valence electrons. The lowest BCUT2D eigenvalue weighted by molar-refractivity contribution is -0.140. The highest BCUT2D eigenvalue weighted by Gasteiger charge is 2.09. The number of benzene rings is 1. The van der Waals surface area contributed by atoms with Crippen LogP contribution in [0.4, 0.5) is 0 Å². The minimum absolute atomic E-state index is 0.226. The molecule has 0 spiro atoms. The van der Waals surface area contributed by atoms with E-state index < -0.39 is 0 Å². The summed E-state index contributed by atoms with van der Waals surface area (Å²) in [5.41, 5.74) is 2.34. The van der Waals surface area contributed by atoms with Crippen molar-refractivity contribution in [2.24, 2.45) is 0 Å². The van der Waals surface area contributed by atoms with Crippen LogP contribution in [-0.4, -0.2) is 24.0 Å². The van der Waals surface area contributed by atoms with Gasteiger partial charge < -0.3 is 10.1 Å². The van der Waals surface area contributed by atoms with Gasteiger partial charge in [0.15, 0.2) is 5.01 Å². The van der Waals surface area contributed by atoms with E-state index in [9.17, 15) is 9.59 Å². The predicted octanol–water partition coefficient (Wildman–Crippen LogP) is 2.16. The molecule has 0 radical (unpaired) electrons. The Morgan fingerprint density at radius 1 is 1.30 bits per heavy atom. The van der Waals surface area contributed by atoms with Crippen molar-refractivity contribution in [2.45, 2.75) is 19.4 Å². The first-order chi connectivity index (χ1) is 11.1. The summed E-state index contributed by atoms with van der Waals surface area (Å²) in [5.74, 6) is 1.92. The van der Waals surface area contributed by atoms with Crippen molar-refractivity contribution in [3.8, 4) is 12.3 Å². The molecule has 5 nitrogen and oxygen atoms in total. The summed E-state index contributed by atoms with van der Waals surface area (Å²) in [4.78, 5) is 27.1. The fourth-order valence-electron chi connectivity index (χ4n) is 1.89. The third kappa shape index (κ3) is 4.94. The number of rotatable bonds is 6. The van der Waals surface area contributed by atoms with Crippen LogP contribution < -0.4 is 5.32 Å². The van der Waals surface area contributed by atoms with Gasteiger partial charge in [-0.25, -0.2) is 4.98 Å². The summed E-state index contributed by atoms with van der Waals surface area (Å²) in [6.45, 7) is 0.402. The molecule has 0 saturated heterocycles. The maximum absolute atomic E-state index is 11.9. The number of hydrogen-bond acceptors (Lipinski definition) is 5. The number of thiazole rings is 1. The van der Waals surface area contributed by atoms with Gasteiger partial charge in [0.1, 0.15) is 5.69 Å². The summed E-state index contributed by atoms with van der Waals surface area (Å²) < 4.78 is 4.61. The summed E-state index contributed by atoms with van der Waals surface area (Å²) in [7, 11) is 1.38. The molecule has 0 unspecified atom stereocenters. The lowest BCUT2D eigenvalue weighted by Crippen LogP contribution is -2.23. The molecule has 1 heterocycles. The van der Waals surface area contributed by atoms with Crippen LogP contribution in [0.15, 0.2) is 29.6 Å². The highest BCUT2D eigenvalue weighted by molar-refractivity contribution is 7.10. The maximum atomic E-state index is 11.9. The third-order valence-electron chi connectivity index (χ3n) is 3.18. The molecule has 1 aromatic carbocycles. The number of esters is 1. The standard InChI is InChI=1S/C17H16N2O3S/c1-3-15-19-14(11-23-15)17(21)18-10-13-6-4-12(5-7-13)8-9-16(20)22-2/h1,4-7,11H,8-10H2,2H3,(H,18,21). The van der Waals surface area contributed by atoms with Gasteiger partial charge in [0.2, 0.25) is 0 Å². The van der Waals surface area contributed by atoms with E-state index in [1.807, 2.05) is 24.3 Å². The molecule has 2 rings (SSSR count). The van der Waals surface area contributed by atoms with Crippen molar-refractivity contribution >= 4 is 23.2 Å². The Morgan fingerprint density at radius 2 is 2.00 bits per heavy atom. The zero-order valence-electron chi connectivity index (χ0n) is 12.7. The number of methoxy groups -OCH3 is 1. The molecular weight excluding hydrogens is 312 g/mol. The smallest absolute Gasteiger partial charge is 0.305 e. The monoisotopic (exact) mass is 328 g/mol. The van der Waals surface area contributed by atoms with Crippen LogP contribution in [0, 0.1) is 12.3 Å². The third-order valence-corrected chi connectivity index (χ3v) is 3.96. The molecule has 1 amide bonds. The maximum Gasteiger partial charge on any atom is 0.305 e. The fraction of sp³-hybridized carbons (Fsp3) is 0.235. The number of aromatic nitrogens is 1. The Labute approximate surface area is 138 Å². The summed E-state index contributed by atoms with van der Waals surface area (Å²) in [6, 6.07) is 7.70. The SMILES string of the molecule is C#Cc1nc(C(=O)NCc2ccc(CCC(=O)OC)cc2)cs1. The lowest BCUT2D eigenvalue weighted by Gasteiger charge is -2.05. The van der Waals surface area contributed by atoms with Crippen molar-refractivity contribution < 1.29 is 14.3 Å². The molecule has 0 bridgehead atoms. The van der Waals surface area contributed by atoms with Gasteiger partial charge in [-0.3, -0.25) is 9.59 Å². The van der Waals surface area contributed by atoms with E-state index in [-0.39, 0.29) is 11.9 Å². The number of aryl methyl sites for hydroxylation is 1. The average molecular weight is 328 g/mol. The van der Waals surface area contributed by atoms with Crippen LogP contribution >= 0.6 is 11.3 Å². The molecule has 1 aromatic heterocycles. The number of nitrogens with one attached hydrogen (secondary N) is 1. The van der Waals surface area contributed by atoms with E-state index in [0.717, 1.165) is 11.1 Å². The molecule has 0 aliphatic carbocycles. The van der Waals surface area contributed by atoms with E-state index in [1.165, 1.54) is 18.4 Å². The van der Waals surface area contributed by atoms with Gasteiger partial charge in [-0.15, -0.1) is 17.8 Å². The molecule has 6 heteroatoms. The zero-order valence-corrected chi connectivity index (χ0v) is 13.5. The van der Waals surface area contributed by atoms with E-state index in [1.54, 1.807) is 5.38 Å². The average Bonchev–Trinajstić information content (AvgIpc) is 3.07. The van der Waals surface area contributed by atoms with Crippen molar-refractivity contribution in [1.82, 2.24) is 10.3 Å². The summed E-state index contributed by atoms with van der Waals surface area (Å²) in [5, 5.41) is 4.92.